The molecule has 0 N–H and O–H groups in total. The molecular weight excluding hydrogens is 1220 g/mol. The molecule has 0 aliphatic carbocycles. The van der Waals surface area contributed by atoms with Gasteiger partial charge in [-0.05, 0) is 260 Å². The Hall–Kier alpha value is -11.5. The van der Waals surface area contributed by atoms with Crippen molar-refractivity contribution in [1.82, 2.24) is 19.9 Å². The molecule has 8 nitrogen and oxygen atoms in total. The number of para-hydroxylation sites is 4. The molecule has 0 saturated heterocycles. The van der Waals surface area contributed by atoms with E-state index >= 15 is 0 Å². The second kappa shape index (κ2) is 24.2. The molecule has 4 aromatic heterocycles. The van der Waals surface area contributed by atoms with Crippen LogP contribution in [-0.2, 0) is 0 Å². The Bertz CT molecular complexity index is 5280. The normalized spacial score (nSPS) is 11.8. The number of anilines is 12. The maximum Gasteiger partial charge on any atom is 0.0708 e. The first kappa shape index (κ1) is 63.3. The Kier molecular flexibility index (Phi) is 15.3. The van der Waals surface area contributed by atoms with Crippen LogP contribution in [0.15, 0.2) is 207 Å². The summed E-state index contributed by atoms with van der Waals surface area (Å²) in [4.78, 5) is 30.6. The molecule has 0 spiro atoms. The van der Waals surface area contributed by atoms with E-state index in [1.54, 1.807) is 0 Å². The summed E-state index contributed by atoms with van der Waals surface area (Å²) in [6, 6.07) is 68.4. The highest BCUT2D eigenvalue weighted by Crippen LogP contribution is 2.59. The van der Waals surface area contributed by atoms with Crippen molar-refractivity contribution in [2.45, 2.75) is 111 Å². The fraction of sp³-hybridized carbons (Fsp3) is 0.174. The van der Waals surface area contributed by atoms with E-state index in [1.807, 2.05) is 24.8 Å². The molecule has 16 rings (SSSR count). The average molecular weight is 1300 g/mol. The van der Waals surface area contributed by atoms with Crippen LogP contribution in [-0.4, -0.2) is 19.9 Å². The highest BCUT2D eigenvalue weighted by molar-refractivity contribution is 6.33. The maximum atomic E-state index is 5.01. The van der Waals surface area contributed by atoms with Gasteiger partial charge in [-0.15, -0.1) is 0 Å². The van der Waals surface area contributed by atoms with Crippen LogP contribution < -0.4 is 19.6 Å². The van der Waals surface area contributed by atoms with Gasteiger partial charge in [-0.25, -0.2) is 0 Å². The molecule has 0 saturated carbocycles. The first-order chi connectivity index (χ1) is 48.3. The van der Waals surface area contributed by atoms with Crippen LogP contribution in [0.2, 0.25) is 0 Å². The summed E-state index contributed by atoms with van der Waals surface area (Å²) >= 11 is 0. The van der Waals surface area contributed by atoms with Crippen molar-refractivity contribution in [2.75, 3.05) is 19.6 Å². The van der Waals surface area contributed by atoms with E-state index in [9.17, 15) is 0 Å². The molecule has 0 bridgehead atoms. The predicted molar refractivity (Wildman–Crippen MR) is 426 cm³/mol. The first-order valence-electron chi connectivity index (χ1n) is 34.9. The minimum atomic E-state index is 0.972. The van der Waals surface area contributed by atoms with Crippen molar-refractivity contribution in [3.63, 3.8) is 0 Å². The molecule has 0 amide bonds. The number of pyridine rings is 4. The number of fused-ring (bicyclic) bond motifs is 4. The number of rotatable bonds is 12. The third kappa shape index (κ3) is 9.77. The lowest BCUT2D eigenvalue weighted by Gasteiger charge is -2.38. The van der Waals surface area contributed by atoms with Crippen LogP contribution in [0.25, 0.3) is 75.9 Å². The maximum absolute atomic E-state index is 5.01. The summed E-state index contributed by atoms with van der Waals surface area (Å²) in [6.45, 7) is 36.5. The fourth-order valence-electron chi connectivity index (χ4n) is 17.3. The number of hydrogen-bond donors (Lipinski definition) is 0. The van der Waals surface area contributed by atoms with Crippen molar-refractivity contribution < 1.29 is 0 Å². The minimum absolute atomic E-state index is 0.972. The lowest BCUT2D eigenvalue weighted by molar-refractivity contribution is 1.17. The summed E-state index contributed by atoms with van der Waals surface area (Å²) < 4.78 is 0. The Morgan fingerprint density at radius 3 is 0.590 bits per heavy atom. The molecule has 0 aliphatic rings. The number of aryl methyl sites for hydroxylation is 16. The Morgan fingerprint density at radius 1 is 0.190 bits per heavy atom. The predicted octanol–water partition coefficient (Wildman–Crippen LogP) is 25.6. The first-order valence-corrected chi connectivity index (χ1v) is 34.9. The molecule has 8 heteroatoms. The van der Waals surface area contributed by atoms with Gasteiger partial charge in [0.2, 0.25) is 0 Å². The van der Waals surface area contributed by atoms with Gasteiger partial charge in [0, 0.05) is 78.6 Å². The molecule has 0 radical (unpaired) electrons. The molecule has 0 aliphatic heterocycles. The van der Waals surface area contributed by atoms with Crippen molar-refractivity contribution >= 4 is 144 Å². The number of benzene rings is 12. The second-order valence-electron chi connectivity index (χ2n) is 28.2. The average Bonchev–Trinajstić information content (AvgIpc) is 0.693. The van der Waals surface area contributed by atoms with E-state index in [0.717, 1.165) is 189 Å². The molecule has 4 heterocycles. The SMILES string of the molecule is Cc1cccc(C)c1N(c1c(C)cc2ncccc2c1C)c1cc(N(c2c(C)cccc2C)c2c(C)cc3ncccc3c2C)c2ccc3c(N(c4c(C)cccc4C)c4c(C)cc5ncccc5c4C)cc(N(c4c(C)cccc4C)c4c(C)cc5ncccc5c4C)c4ccc1c2c43. The van der Waals surface area contributed by atoms with E-state index in [1.165, 1.54) is 44.5 Å². The lowest BCUT2D eigenvalue weighted by Crippen LogP contribution is -2.20. The second-order valence-corrected chi connectivity index (χ2v) is 28.2. The van der Waals surface area contributed by atoms with Gasteiger partial charge >= 0.3 is 0 Å². The van der Waals surface area contributed by atoms with Gasteiger partial charge in [0.1, 0.15) is 0 Å². The summed E-state index contributed by atoms with van der Waals surface area (Å²) in [7, 11) is 0. The van der Waals surface area contributed by atoms with Gasteiger partial charge < -0.3 is 19.6 Å². The van der Waals surface area contributed by atoms with Gasteiger partial charge in [-0.2, -0.15) is 0 Å². The molecular formula is C92H82N8. The van der Waals surface area contributed by atoms with Gasteiger partial charge in [0.15, 0.2) is 0 Å². The summed E-state index contributed by atoms with van der Waals surface area (Å²) in [5.41, 5.74) is 35.7. The van der Waals surface area contributed by atoms with Crippen LogP contribution in [0.5, 0.6) is 0 Å². The Labute approximate surface area is 586 Å². The largest absolute Gasteiger partial charge is 0.309 e. The molecule has 490 valence electrons. The molecule has 0 unspecified atom stereocenters. The zero-order valence-electron chi connectivity index (χ0n) is 60.2. The molecule has 0 fully saturated rings. The van der Waals surface area contributed by atoms with E-state index < -0.39 is 0 Å². The van der Waals surface area contributed by atoms with Gasteiger partial charge in [0.25, 0.3) is 0 Å². The van der Waals surface area contributed by atoms with E-state index in [-0.39, 0.29) is 0 Å². The highest BCUT2D eigenvalue weighted by Gasteiger charge is 2.35. The van der Waals surface area contributed by atoms with Crippen molar-refractivity contribution in [3.05, 3.63) is 296 Å². The summed E-state index contributed by atoms with van der Waals surface area (Å²) in [6.07, 6.45) is 7.66. The topological polar surface area (TPSA) is 64.5 Å². The molecule has 0 atom stereocenters. The van der Waals surface area contributed by atoms with Gasteiger partial charge in [-0.1, -0.05) is 121 Å². The zero-order chi connectivity index (χ0) is 69.4. The van der Waals surface area contributed by atoms with E-state index in [2.05, 4.69) is 312 Å². The van der Waals surface area contributed by atoms with Crippen molar-refractivity contribution in [3.8, 4) is 0 Å². The summed E-state index contributed by atoms with van der Waals surface area (Å²) in [5, 5.41) is 11.3. The van der Waals surface area contributed by atoms with Gasteiger partial charge in [-0.3, -0.25) is 19.9 Å². The van der Waals surface area contributed by atoms with Crippen LogP contribution in [0.4, 0.5) is 68.2 Å². The van der Waals surface area contributed by atoms with Crippen LogP contribution >= 0.6 is 0 Å². The van der Waals surface area contributed by atoms with E-state index in [0.29, 0.717) is 0 Å². The third-order valence-corrected chi connectivity index (χ3v) is 21.6. The zero-order valence-corrected chi connectivity index (χ0v) is 60.2. The van der Waals surface area contributed by atoms with Crippen LogP contribution in [0.3, 0.4) is 0 Å². The molecule has 100 heavy (non-hydrogen) atoms. The smallest absolute Gasteiger partial charge is 0.0708 e. The quantitative estimate of drug-likeness (QED) is 0.112. The third-order valence-electron chi connectivity index (χ3n) is 21.6. The van der Waals surface area contributed by atoms with Crippen LogP contribution in [0.1, 0.15) is 89.0 Å². The number of hydrogen-bond acceptors (Lipinski definition) is 8. The monoisotopic (exact) mass is 1300 g/mol. The highest BCUT2D eigenvalue weighted by atomic mass is 15.2. The van der Waals surface area contributed by atoms with Gasteiger partial charge in [0.05, 0.1) is 90.3 Å². The number of nitrogens with zero attached hydrogens (tertiary/aromatic N) is 8. The van der Waals surface area contributed by atoms with Crippen molar-refractivity contribution in [2.24, 2.45) is 0 Å². The molecule has 16 aromatic rings. The Morgan fingerprint density at radius 2 is 0.390 bits per heavy atom. The minimum Gasteiger partial charge on any atom is -0.309 e. The summed E-state index contributed by atoms with van der Waals surface area (Å²) in [5.74, 6) is 0. The fourth-order valence-corrected chi connectivity index (χ4v) is 17.3. The standard InChI is InChI=1S/C92H82N8/c1-51-25-17-26-52(2)85(51)97(89-59(9)45-75-67(63(89)13)33-21-41-93-75)79-49-80(98(86-53(3)27-18-28-54(86)4)90-60(10)46-76-68(64(90)14)34-22-42-94-76)72-39-40-74-82(100(88-57(7)31-20-32-58(88)8)92-62(12)48-78-70(66(92)16)36-24-44-96-78)50-81(73-38-37-71(79)83(72)84(73)74)99(87-55(5)29-19-30-56(87)6)91-61(11)47-77-69(65(91)15)35-23-43-95-77/h17-50H,1-16H3. The van der Waals surface area contributed by atoms with Crippen LogP contribution in [0, 0.1) is 111 Å². The number of aromatic nitrogens is 4. The molecule has 12 aromatic carbocycles. The van der Waals surface area contributed by atoms with E-state index in [4.69, 9.17) is 19.9 Å². The van der Waals surface area contributed by atoms with Crippen molar-refractivity contribution in [1.29, 1.82) is 0 Å². The lowest BCUT2D eigenvalue weighted by atomic mass is 9.87. The Balaban J connectivity index is 1.18.